The van der Waals surface area contributed by atoms with Crippen LogP contribution in [0.3, 0.4) is 0 Å². The van der Waals surface area contributed by atoms with E-state index in [4.69, 9.17) is 24.3 Å². The van der Waals surface area contributed by atoms with E-state index in [1.807, 2.05) is 0 Å². The first kappa shape index (κ1) is 51.9. The number of hydrogen-bond donors (Lipinski definition) is 2. The number of phosphoric ester groups is 1. The molecule has 0 fully saturated rings. The van der Waals surface area contributed by atoms with Crippen molar-refractivity contribution in [3.63, 3.8) is 0 Å². The van der Waals surface area contributed by atoms with Gasteiger partial charge in [0.05, 0.1) is 13.2 Å². The summed E-state index contributed by atoms with van der Waals surface area (Å²) < 4.78 is 32.6. The van der Waals surface area contributed by atoms with E-state index in [0.717, 1.165) is 77.0 Å². The number of carbonyl (C=O) groups is 2. The van der Waals surface area contributed by atoms with Crippen molar-refractivity contribution in [1.82, 2.24) is 0 Å². The second-order valence-electron chi connectivity index (χ2n) is 13.1. The number of esters is 2. The van der Waals surface area contributed by atoms with Gasteiger partial charge >= 0.3 is 19.8 Å². The van der Waals surface area contributed by atoms with E-state index in [1.54, 1.807) is 0 Å². The maximum absolute atomic E-state index is 12.5. The Morgan fingerprint density at radius 2 is 1.00 bits per heavy atom. The number of nitrogens with two attached hydrogens (primary N) is 1. The molecule has 0 radical (unpaired) electrons. The molecule has 0 aromatic carbocycles. The van der Waals surface area contributed by atoms with Gasteiger partial charge in [-0.05, 0) is 96.3 Å². The van der Waals surface area contributed by atoms with Gasteiger partial charge in [0.15, 0.2) is 6.10 Å². The lowest BCUT2D eigenvalue weighted by atomic mass is 10.1. The molecule has 0 aromatic rings. The first-order valence-corrected chi connectivity index (χ1v) is 22.2. The highest BCUT2D eigenvalue weighted by molar-refractivity contribution is 7.47. The molecule has 0 rings (SSSR count). The van der Waals surface area contributed by atoms with Gasteiger partial charge in [-0.15, -0.1) is 0 Å². The number of carbonyl (C=O) groups excluding carboxylic acids is 2. The average molecular weight is 788 g/mol. The number of rotatable bonds is 37. The summed E-state index contributed by atoms with van der Waals surface area (Å²) in [5.74, 6) is -0.925. The molecule has 0 saturated carbocycles. The fourth-order valence-corrected chi connectivity index (χ4v) is 5.67. The highest BCUT2D eigenvalue weighted by Crippen LogP contribution is 2.43. The van der Waals surface area contributed by atoms with E-state index >= 15 is 0 Å². The molecule has 2 unspecified atom stereocenters. The van der Waals surface area contributed by atoms with Crippen LogP contribution in [0.15, 0.2) is 97.2 Å². The summed E-state index contributed by atoms with van der Waals surface area (Å²) in [6, 6.07) is 0. The van der Waals surface area contributed by atoms with Crippen molar-refractivity contribution in [2.24, 2.45) is 5.73 Å². The van der Waals surface area contributed by atoms with Crippen molar-refractivity contribution in [2.45, 2.75) is 148 Å². The third-order valence-electron chi connectivity index (χ3n) is 7.95. The van der Waals surface area contributed by atoms with Gasteiger partial charge in [0.2, 0.25) is 0 Å². The molecule has 9 nitrogen and oxygen atoms in total. The summed E-state index contributed by atoms with van der Waals surface area (Å²) in [5.41, 5.74) is 5.33. The van der Waals surface area contributed by atoms with Crippen LogP contribution in [0.4, 0.5) is 0 Å². The van der Waals surface area contributed by atoms with Crippen LogP contribution in [-0.4, -0.2) is 49.3 Å². The first-order valence-electron chi connectivity index (χ1n) is 20.7. The van der Waals surface area contributed by atoms with Crippen molar-refractivity contribution in [3.8, 4) is 0 Å². The van der Waals surface area contributed by atoms with E-state index in [0.29, 0.717) is 12.8 Å². The highest BCUT2D eigenvalue weighted by atomic mass is 31.2. The zero-order valence-corrected chi connectivity index (χ0v) is 35.0. The molecule has 2 atom stereocenters. The Bertz CT molecular complexity index is 1220. The number of phosphoric acid groups is 1. The van der Waals surface area contributed by atoms with E-state index in [2.05, 4.69) is 111 Å². The molecule has 0 aliphatic heterocycles. The molecule has 0 aromatic heterocycles. The van der Waals surface area contributed by atoms with Gasteiger partial charge in [-0.3, -0.25) is 18.6 Å². The summed E-state index contributed by atoms with van der Waals surface area (Å²) in [5, 5.41) is 0. The van der Waals surface area contributed by atoms with Crippen LogP contribution < -0.4 is 5.73 Å². The van der Waals surface area contributed by atoms with Crippen LogP contribution in [0, 0.1) is 0 Å². The molecule has 0 saturated heterocycles. The minimum absolute atomic E-state index is 0.0361. The van der Waals surface area contributed by atoms with Crippen LogP contribution in [0.25, 0.3) is 0 Å². The highest BCUT2D eigenvalue weighted by Gasteiger charge is 2.25. The van der Waals surface area contributed by atoms with Crippen LogP contribution in [-0.2, 0) is 32.7 Å². The second kappa shape index (κ2) is 40.6. The van der Waals surface area contributed by atoms with E-state index < -0.39 is 32.5 Å². The first-order chi connectivity index (χ1) is 26.8. The summed E-state index contributed by atoms with van der Waals surface area (Å²) >= 11 is 0. The fourth-order valence-electron chi connectivity index (χ4n) is 4.90. The van der Waals surface area contributed by atoms with Gasteiger partial charge in [0.1, 0.15) is 6.61 Å². The molecule has 10 heteroatoms. The SMILES string of the molecule is CCC=CCC=CCC=CCC=CCCCCC(=O)OC(COC(=O)CCCCCC=CCC=CCC=CCC=CCCCCC)COP(=O)(O)OCCN. The Hall–Kier alpha value is -3.07. The maximum atomic E-state index is 12.5. The fraction of sp³-hybridized carbons (Fsp3) is 0.600. The molecular formula is C45H74NO8P. The lowest BCUT2D eigenvalue weighted by Gasteiger charge is -2.19. The van der Waals surface area contributed by atoms with Gasteiger partial charge in [-0.25, -0.2) is 4.57 Å². The van der Waals surface area contributed by atoms with Crippen LogP contribution >= 0.6 is 7.82 Å². The summed E-state index contributed by atoms with van der Waals surface area (Å²) in [6.07, 6.45) is 51.5. The zero-order valence-electron chi connectivity index (χ0n) is 34.1. The third-order valence-corrected chi connectivity index (χ3v) is 8.94. The Balaban J connectivity index is 4.33. The smallest absolute Gasteiger partial charge is 0.462 e. The molecule has 3 N–H and O–H groups in total. The Morgan fingerprint density at radius 3 is 1.49 bits per heavy atom. The standard InChI is InChI=1S/C45H74NO8P/c1-3-5-7-9-11-13-15-17-19-20-21-22-24-25-27-29-31-33-35-37-44(47)51-41-43(42-53-55(49,50)52-40-39-46)54-45(48)38-36-34-32-30-28-26-23-18-16-14-12-10-8-6-4-2/h6,8,11-14,17-19,21-23,25,27-28,30,43H,3-5,7,9-10,15-16,20,24,26,29,31-42,46H2,1-2H3,(H,49,50). The predicted octanol–water partition coefficient (Wildman–Crippen LogP) is 11.8. The second-order valence-corrected chi connectivity index (χ2v) is 14.6. The molecule has 312 valence electrons. The van der Waals surface area contributed by atoms with Crippen molar-refractivity contribution < 1.29 is 37.6 Å². The van der Waals surface area contributed by atoms with Crippen LogP contribution in [0.2, 0.25) is 0 Å². The number of ether oxygens (including phenoxy) is 2. The van der Waals surface area contributed by atoms with Crippen molar-refractivity contribution >= 4 is 19.8 Å². The topological polar surface area (TPSA) is 134 Å². The molecular weight excluding hydrogens is 713 g/mol. The average Bonchev–Trinajstić information content (AvgIpc) is 3.17. The molecule has 0 amide bonds. The third kappa shape index (κ3) is 40.4. The van der Waals surface area contributed by atoms with Crippen molar-refractivity contribution in [2.75, 3.05) is 26.4 Å². The number of hydrogen-bond acceptors (Lipinski definition) is 8. The predicted molar refractivity (Wildman–Crippen MR) is 228 cm³/mol. The van der Waals surface area contributed by atoms with Crippen LogP contribution in [0.5, 0.6) is 0 Å². The lowest BCUT2D eigenvalue weighted by molar-refractivity contribution is -0.161. The zero-order chi connectivity index (χ0) is 40.3. The van der Waals surface area contributed by atoms with Gasteiger partial charge in [-0.1, -0.05) is 130 Å². The van der Waals surface area contributed by atoms with Crippen molar-refractivity contribution in [3.05, 3.63) is 97.2 Å². The minimum Gasteiger partial charge on any atom is -0.462 e. The molecule has 55 heavy (non-hydrogen) atoms. The van der Waals surface area contributed by atoms with Crippen molar-refractivity contribution in [1.29, 1.82) is 0 Å². The van der Waals surface area contributed by atoms with Gasteiger partial charge in [-0.2, -0.15) is 0 Å². The van der Waals surface area contributed by atoms with E-state index in [1.165, 1.54) is 25.7 Å². The van der Waals surface area contributed by atoms with Gasteiger partial charge < -0.3 is 20.1 Å². The quantitative estimate of drug-likeness (QED) is 0.0273. The minimum atomic E-state index is -4.40. The molecule has 0 aliphatic carbocycles. The molecule has 0 aliphatic rings. The molecule has 0 heterocycles. The normalized spacial score (nSPS) is 14.3. The van der Waals surface area contributed by atoms with Crippen LogP contribution in [0.1, 0.15) is 142 Å². The van der Waals surface area contributed by atoms with Gasteiger partial charge in [0.25, 0.3) is 0 Å². The van der Waals surface area contributed by atoms with E-state index in [-0.39, 0.29) is 32.6 Å². The maximum Gasteiger partial charge on any atom is 0.472 e. The Kier molecular flexibility index (Phi) is 38.3. The Morgan fingerprint density at radius 1 is 0.564 bits per heavy atom. The van der Waals surface area contributed by atoms with Gasteiger partial charge in [0, 0.05) is 19.4 Å². The molecule has 0 spiro atoms. The lowest BCUT2D eigenvalue weighted by Crippen LogP contribution is -2.29. The van der Waals surface area contributed by atoms with E-state index in [9.17, 15) is 19.0 Å². The summed E-state index contributed by atoms with van der Waals surface area (Å²) in [4.78, 5) is 34.8. The largest absolute Gasteiger partial charge is 0.472 e. The monoisotopic (exact) mass is 788 g/mol. The summed E-state index contributed by atoms with van der Waals surface area (Å²) in [6.45, 7) is 3.47. The Labute approximate surface area is 334 Å². The number of allylic oxidation sites excluding steroid dienone is 16. The molecule has 0 bridgehead atoms. The number of unbranched alkanes of at least 4 members (excludes halogenated alkanes) is 8. The summed E-state index contributed by atoms with van der Waals surface area (Å²) in [7, 11) is -4.40.